The topological polar surface area (TPSA) is 74.0 Å². The minimum absolute atomic E-state index is 0.0806. The summed E-state index contributed by atoms with van der Waals surface area (Å²) >= 11 is 0. The van der Waals surface area contributed by atoms with E-state index in [2.05, 4.69) is 15.0 Å². The number of hydrogen-bond donors (Lipinski definition) is 3. The fourth-order valence-corrected chi connectivity index (χ4v) is 2.86. The van der Waals surface area contributed by atoms with Gasteiger partial charge in [-0.05, 0) is 18.7 Å². The van der Waals surface area contributed by atoms with Crippen LogP contribution in [0.1, 0.15) is 18.2 Å². The van der Waals surface area contributed by atoms with E-state index in [0.717, 1.165) is 12.2 Å². The highest BCUT2D eigenvalue weighted by Crippen LogP contribution is 2.12. The molecule has 0 amide bonds. The van der Waals surface area contributed by atoms with Crippen molar-refractivity contribution in [3.8, 4) is 0 Å². The van der Waals surface area contributed by atoms with Crippen molar-refractivity contribution in [2.24, 2.45) is 0 Å². The number of rotatable bonds is 7. The molecule has 0 bridgehead atoms. The van der Waals surface area contributed by atoms with Gasteiger partial charge in [-0.15, -0.1) is 0 Å². The average molecular weight is 311 g/mol. The van der Waals surface area contributed by atoms with Gasteiger partial charge in [0.05, 0.1) is 4.90 Å². The summed E-state index contributed by atoms with van der Waals surface area (Å²) in [5.41, 5.74) is 1.09. The van der Waals surface area contributed by atoms with E-state index in [0.29, 0.717) is 12.1 Å². The number of aromatic nitrogens is 1. The Hall–Kier alpha value is -1.70. The molecule has 1 aromatic carbocycles. The highest BCUT2D eigenvalue weighted by Gasteiger charge is 2.16. The Bertz CT molecular complexity index is 698. The van der Waals surface area contributed by atoms with Gasteiger partial charge in [-0.2, -0.15) is 0 Å². The van der Waals surface area contributed by atoms with Crippen molar-refractivity contribution >= 4 is 10.0 Å². The molecule has 5 nitrogen and oxygen atoms in total. The Kier molecular flexibility index (Phi) is 5.11. The molecular formula is C14H18FN3O2S. The Morgan fingerprint density at radius 1 is 1.24 bits per heavy atom. The Balaban J connectivity index is 2.05. The van der Waals surface area contributed by atoms with E-state index in [4.69, 9.17) is 0 Å². The molecule has 1 heterocycles. The van der Waals surface area contributed by atoms with Crippen LogP contribution in [0.5, 0.6) is 0 Å². The molecule has 0 fully saturated rings. The predicted molar refractivity (Wildman–Crippen MR) is 78.6 cm³/mol. The molecule has 21 heavy (non-hydrogen) atoms. The number of hydrogen-bond acceptors (Lipinski definition) is 3. The quantitative estimate of drug-likeness (QED) is 0.729. The van der Waals surface area contributed by atoms with E-state index < -0.39 is 15.8 Å². The third kappa shape index (κ3) is 4.13. The fourth-order valence-electron chi connectivity index (χ4n) is 1.83. The maximum Gasteiger partial charge on any atom is 0.242 e. The van der Waals surface area contributed by atoms with Crippen LogP contribution in [0.25, 0.3) is 0 Å². The Morgan fingerprint density at radius 3 is 2.71 bits per heavy atom. The third-order valence-electron chi connectivity index (χ3n) is 3.00. The molecule has 2 aromatic rings. The van der Waals surface area contributed by atoms with E-state index in [1.807, 2.05) is 6.92 Å². The lowest BCUT2D eigenvalue weighted by atomic mass is 10.2. The molecule has 0 aliphatic heterocycles. The average Bonchev–Trinajstić information content (AvgIpc) is 2.94. The van der Waals surface area contributed by atoms with Crippen LogP contribution in [0.3, 0.4) is 0 Å². The fraction of sp³-hybridized carbons (Fsp3) is 0.286. The van der Waals surface area contributed by atoms with Gasteiger partial charge in [0.2, 0.25) is 10.0 Å². The van der Waals surface area contributed by atoms with Crippen molar-refractivity contribution in [1.82, 2.24) is 15.0 Å². The molecule has 7 heteroatoms. The van der Waals surface area contributed by atoms with Crippen LogP contribution >= 0.6 is 0 Å². The van der Waals surface area contributed by atoms with Crippen LogP contribution in [0.15, 0.2) is 41.4 Å². The molecular weight excluding hydrogens is 293 g/mol. The molecule has 3 N–H and O–H groups in total. The van der Waals surface area contributed by atoms with E-state index >= 15 is 0 Å². The van der Waals surface area contributed by atoms with Crippen LogP contribution in [-0.2, 0) is 23.1 Å². The summed E-state index contributed by atoms with van der Waals surface area (Å²) in [6, 6.07) is 7.64. The minimum atomic E-state index is -3.66. The van der Waals surface area contributed by atoms with Crippen molar-refractivity contribution in [3.63, 3.8) is 0 Å². The van der Waals surface area contributed by atoms with Gasteiger partial charge in [0.15, 0.2) is 0 Å². The monoisotopic (exact) mass is 311 g/mol. The smallest absolute Gasteiger partial charge is 0.242 e. The molecule has 0 radical (unpaired) electrons. The van der Waals surface area contributed by atoms with Gasteiger partial charge in [-0.1, -0.05) is 25.1 Å². The summed E-state index contributed by atoms with van der Waals surface area (Å²) in [6.07, 6.45) is 1.43. The van der Waals surface area contributed by atoms with Crippen molar-refractivity contribution in [2.75, 3.05) is 6.54 Å². The molecule has 0 aliphatic rings. The van der Waals surface area contributed by atoms with E-state index in [1.54, 1.807) is 24.3 Å². The zero-order chi connectivity index (χ0) is 15.3. The Morgan fingerprint density at radius 2 is 2.00 bits per heavy atom. The number of aromatic amines is 1. The van der Waals surface area contributed by atoms with E-state index in [-0.39, 0.29) is 11.4 Å². The lowest BCUT2D eigenvalue weighted by Crippen LogP contribution is -2.23. The molecule has 0 unspecified atom stereocenters. The number of benzene rings is 1. The normalized spacial score (nSPS) is 11.7. The predicted octanol–water partition coefficient (Wildman–Crippen LogP) is 1.74. The van der Waals surface area contributed by atoms with Crippen LogP contribution < -0.4 is 10.0 Å². The van der Waals surface area contributed by atoms with Gasteiger partial charge in [0.25, 0.3) is 0 Å². The second-order valence-corrected chi connectivity index (χ2v) is 6.32. The molecule has 0 saturated heterocycles. The van der Waals surface area contributed by atoms with Crippen molar-refractivity contribution in [1.29, 1.82) is 0 Å². The first-order valence-corrected chi connectivity index (χ1v) is 8.12. The zero-order valence-corrected chi connectivity index (χ0v) is 12.5. The van der Waals surface area contributed by atoms with Gasteiger partial charge < -0.3 is 10.3 Å². The standard InChI is InChI=1S/C14H18FN3O2S/c1-2-16-9-12-7-13(10-17-12)21(19,20)18-8-11-5-3-4-6-14(11)15/h3-7,10,16-18H,2,8-9H2,1H3. The highest BCUT2D eigenvalue weighted by atomic mass is 32.2. The third-order valence-corrected chi connectivity index (χ3v) is 4.38. The van der Waals surface area contributed by atoms with Crippen LogP contribution in [0.4, 0.5) is 4.39 Å². The summed E-state index contributed by atoms with van der Waals surface area (Å²) < 4.78 is 40.1. The minimum Gasteiger partial charge on any atom is -0.363 e. The summed E-state index contributed by atoms with van der Waals surface area (Å²) in [5.74, 6) is -0.429. The summed E-state index contributed by atoms with van der Waals surface area (Å²) in [4.78, 5) is 3.05. The lowest BCUT2D eigenvalue weighted by Gasteiger charge is -2.05. The number of halogens is 1. The van der Waals surface area contributed by atoms with Crippen molar-refractivity contribution in [3.05, 3.63) is 53.6 Å². The number of nitrogens with one attached hydrogen (secondary N) is 3. The first-order chi connectivity index (χ1) is 10.0. The lowest BCUT2D eigenvalue weighted by molar-refractivity contribution is 0.574. The number of sulfonamides is 1. The van der Waals surface area contributed by atoms with Crippen molar-refractivity contribution in [2.45, 2.75) is 24.9 Å². The summed E-state index contributed by atoms with van der Waals surface area (Å²) in [5, 5.41) is 3.10. The molecule has 0 atom stereocenters. The van der Waals surface area contributed by atoms with Gasteiger partial charge >= 0.3 is 0 Å². The van der Waals surface area contributed by atoms with Gasteiger partial charge in [0.1, 0.15) is 5.82 Å². The maximum absolute atomic E-state index is 13.5. The van der Waals surface area contributed by atoms with Crippen molar-refractivity contribution < 1.29 is 12.8 Å². The van der Waals surface area contributed by atoms with E-state index in [9.17, 15) is 12.8 Å². The SMILES string of the molecule is CCNCc1cc(S(=O)(=O)NCc2ccccc2F)c[nH]1. The van der Waals surface area contributed by atoms with Gasteiger partial charge in [-0.25, -0.2) is 17.5 Å². The van der Waals surface area contributed by atoms with Crippen LogP contribution in [0.2, 0.25) is 0 Å². The Labute approximate surface area is 123 Å². The summed E-state index contributed by atoms with van der Waals surface area (Å²) in [6.45, 7) is 3.26. The highest BCUT2D eigenvalue weighted by molar-refractivity contribution is 7.89. The van der Waals surface area contributed by atoms with E-state index in [1.165, 1.54) is 12.3 Å². The van der Waals surface area contributed by atoms with Gasteiger partial charge in [0, 0.05) is 30.5 Å². The second-order valence-electron chi connectivity index (χ2n) is 4.56. The molecule has 0 spiro atoms. The molecule has 1 aromatic heterocycles. The van der Waals surface area contributed by atoms with Crippen LogP contribution in [-0.4, -0.2) is 19.9 Å². The first-order valence-electron chi connectivity index (χ1n) is 6.64. The van der Waals surface area contributed by atoms with Gasteiger partial charge in [-0.3, -0.25) is 0 Å². The molecule has 0 saturated carbocycles. The van der Waals surface area contributed by atoms with Crippen LogP contribution in [0, 0.1) is 5.82 Å². The molecule has 0 aliphatic carbocycles. The zero-order valence-electron chi connectivity index (χ0n) is 11.7. The molecule has 2 rings (SSSR count). The number of H-pyrrole nitrogens is 1. The summed E-state index contributed by atoms with van der Waals surface area (Å²) in [7, 11) is -3.66. The first kappa shape index (κ1) is 15.7. The maximum atomic E-state index is 13.5. The largest absolute Gasteiger partial charge is 0.363 e. The molecule has 114 valence electrons. The second kappa shape index (κ2) is 6.84.